The van der Waals surface area contributed by atoms with Crippen molar-refractivity contribution >= 4 is 18.9 Å². The van der Waals surface area contributed by atoms with Crippen molar-refractivity contribution in [2.24, 2.45) is 0 Å². The van der Waals surface area contributed by atoms with Gasteiger partial charge < -0.3 is 9.76 Å². The van der Waals surface area contributed by atoms with E-state index in [0.717, 1.165) is 0 Å². The summed E-state index contributed by atoms with van der Waals surface area (Å²) in [6.45, 7) is -4.44. The van der Waals surface area contributed by atoms with Crippen LogP contribution in [-0.4, -0.2) is 36.1 Å². The van der Waals surface area contributed by atoms with Gasteiger partial charge in [-0.25, -0.2) is 9.59 Å². The largest absolute Gasteiger partial charge is 0.600 e. The summed E-state index contributed by atoms with van der Waals surface area (Å²) in [6.07, 6.45) is -11.8. The number of carbonyl (C=O) groups excluding carboxylic acids is 1. The summed E-state index contributed by atoms with van der Waals surface area (Å²) in [5.74, 6) is -5.18. The minimum Gasteiger partial charge on any atom is -0.511 e. The van der Waals surface area contributed by atoms with Gasteiger partial charge in [0.05, 0.1) is 0 Å². The first-order valence-electron chi connectivity index (χ1n) is 3.03. The number of carboxylic acids is 1. The van der Waals surface area contributed by atoms with E-state index in [9.17, 15) is 35.9 Å². The first-order chi connectivity index (χ1) is 6.46. The minimum absolute atomic E-state index is 2.55. The first kappa shape index (κ1) is 13.6. The van der Waals surface area contributed by atoms with Crippen LogP contribution < -0.4 is 0 Å². The predicted octanol–water partition coefficient (Wildman–Crippen LogP) is 0.809. The summed E-state index contributed by atoms with van der Waals surface area (Å²) in [7, 11) is 0. The Balaban J connectivity index is 4.85. The van der Waals surface area contributed by atoms with E-state index < -0.39 is 31.0 Å². The van der Waals surface area contributed by atoms with Gasteiger partial charge in [0.25, 0.3) is 0 Å². The maximum Gasteiger partial charge on any atom is 0.600 e. The molecule has 0 aromatic rings. The van der Waals surface area contributed by atoms with E-state index in [1.54, 1.807) is 0 Å². The molecule has 0 rings (SSSR count). The van der Waals surface area contributed by atoms with Crippen molar-refractivity contribution in [1.82, 2.24) is 0 Å². The summed E-state index contributed by atoms with van der Waals surface area (Å²) < 4.78 is 72.7. The Morgan fingerprint density at radius 1 is 1.00 bits per heavy atom. The lowest BCUT2D eigenvalue weighted by molar-refractivity contribution is -0.165. The van der Waals surface area contributed by atoms with E-state index in [1.807, 2.05) is 0 Å². The SMILES string of the molecule is O=C(O)C(=O)OB(C(F)(F)F)C(F)(F)F. The zero-order chi connectivity index (χ0) is 12.4. The number of carboxylic acid groups (broad SMARTS) is 1. The molecule has 0 aliphatic rings. The van der Waals surface area contributed by atoms with Gasteiger partial charge in [0.1, 0.15) is 0 Å². The van der Waals surface area contributed by atoms with E-state index in [-0.39, 0.29) is 0 Å². The van der Waals surface area contributed by atoms with Crippen LogP contribution in [0.3, 0.4) is 0 Å². The molecule has 0 aromatic heterocycles. The molecule has 0 saturated heterocycles. The third-order valence-electron chi connectivity index (χ3n) is 0.994. The van der Waals surface area contributed by atoms with Gasteiger partial charge in [0.2, 0.25) is 0 Å². The number of alkyl halides is 6. The molecular weight excluding hydrogens is 237 g/mol. The van der Waals surface area contributed by atoms with Crippen molar-refractivity contribution in [2.45, 2.75) is 12.2 Å². The molecule has 0 aliphatic heterocycles. The molecular formula is C4HBF6O4. The molecule has 11 heteroatoms. The molecule has 0 spiro atoms. The van der Waals surface area contributed by atoms with Crippen LogP contribution in [0.25, 0.3) is 0 Å². The average molecular weight is 238 g/mol. The fourth-order valence-electron chi connectivity index (χ4n) is 0.477. The number of hydrogen-bond acceptors (Lipinski definition) is 3. The van der Waals surface area contributed by atoms with Gasteiger partial charge >= 0.3 is 31.0 Å². The molecule has 0 heterocycles. The van der Waals surface area contributed by atoms with Crippen LogP contribution in [0, 0.1) is 0 Å². The smallest absolute Gasteiger partial charge is 0.511 e. The van der Waals surface area contributed by atoms with Gasteiger partial charge in [-0.3, -0.25) is 0 Å². The third-order valence-corrected chi connectivity index (χ3v) is 0.994. The molecule has 86 valence electrons. The molecule has 0 bridgehead atoms. The van der Waals surface area contributed by atoms with Crippen LogP contribution in [-0.2, 0) is 14.2 Å². The number of rotatable bonds is 1. The Morgan fingerprint density at radius 3 is 1.53 bits per heavy atom. The Morgan fingerprint density at radius 2 is 1.33 bits per heavy atom. The lowest BCUT2D eigenvalue weighted by atomic mass is 9.66. The molecule has 1 N–H and O–H groups in total. The average Bonchev–Trinajstić information content (AvgIpc) is 1.94. The predicted molar refractivity (Wildman–Crippen MR) is 31.6 cm³/mol. The van der Waals surface area contributed by atoms with Crippen molar-refractivity contribution in [2.75, 3.05) is 0 Å². The van der Waals surface area contributed by atoms with Crippen molar-refractivity contribution in [3.05, 3.63) is 0 Å². The minimum atomic E-state index is -5.91. The summed E-state index contributed by atoms with van der Waals surface area (Å²) in [5.41, 5.74) is 0. The van der Waals surface area contributed by atoms with Crippen LogP contribution in [0.15, 0.2) is 0 Å². The zero-order valence-corrected chi connectivity index (χ0v) is 6.52. The summed E-state index contributed by atoms with van der Waals surface area (Å²) in [5, 5.41) is 7.75. The molecule has 0 saturated carbocycles. The summed E-state index contributed by atoms with van der Waals surface area (Å²) in [6, 6.07) is 0. The molecule has 0 aliphatic carbocycles. The molecule has 4 nitrogen and oxygen atoms in total. The lowest BCUT2D eigenvalue weighted by Gasteiger charge is -2.17. The highest BCUT2D eigenvalue weighted by Gasteiger charge is 2.67. The topological polar surface area (TPSA) is 63.6 Å². The molecule has 0 unspecified atom stereocenters. The summed E-state index contributed by atoms with van der Waals surface area (Å²) >= 11 is 0. The molecule has 0 atom stereocenters. The third kappa shape index (κ3) is 4.08. The lowest BCUT2D eigenvalue weighted by Crippen LogP contribution is -2.51. The number of aliphatic carboxylic acids is 1. The van der Waals surface area contributed by atoms with E-state index in [4.69, 9.17) is 5.11 Å². The van der Waals surface area contributed by atoms with E-state index in [0.29, 0.717) is 0 Å². The Kier molecular flexibility index (Phi) is 3.61. The first-order valence-corrected chi connectivity index (χ1v) is 3.03. The maximum atomic E-state index is 11.6. The fraction of sp³-hybridized carbons (Fsp3) is 0.500. The van der Waals surface area contributed by atoms with E-state index in [2.05, 4.69) is 4.65 Å². The highest BCUT2D eigenvalue weighted by atomic mass is 19.4. The van der Waals surface area contributed by atoms with Gasteiger partial charge in [0, 0.05) is 0 Å². The number of halogens is 6. The normalized spacial score (nSPS) is 12.1. The van der Waals surface area contributed by atoms with Gasteiger partial charge in [-0.2, -0.15) is 26.3 Å². The maximum absolute atomic E-state index is 11.6. The second kappa shape index (κ2) is 3.99. The molecule has 0 amide bonds. The van der Waals surface area contributed by atoms with Gasteiger partial charge in [0.15, 0.2) is 0 Å². The molecule has 15 heavy (non-hydrogen) atoms. The van der Waals surface area contributed by atoms with Gasteiger partial charge in [-0.1, -0.05) is 0 Å². The zero-order valence-electron chi connectivity index (χ0n) is 6.52. The Labute approximate surface area is 77.9 Å². The van der Waals surface area contributed by atoms with Crippen LogP contribution in [0.1, 0.15) is 0 Å². The van der Waals surface area contributed by atoms with E-state index >= 15 is 0 Å². The van der Waals surface area contributed by atoms with Crippen LogP contribution in [0.4, 0.5) is 26.3 Å². The van der Waals surface area contributed by atoms with Gasteiger partial charge in [-0.05, 0) is 0 Å². The monoisotopic (exact) mass is 238 g/mol. The second-order valence-corrected chi connectivity index (χ2v) is 2.17. The molecule has 0 fully saturated rings. The standard InChI is InChI=1S/C4HBF6O4/c6-3(7,8)5(4(9,10)11)15-2(14)1(12)13/h(H,12,13). The van der Waals surface area contributed by atoms with Crippen molar-refractivity contribution in [3.63, 3.8) is 0 Å². The Bertz CT molecular complexity index is 255. The molecule has 0 aromatic carbocycles. The quantitative estimate of drug-likeness (QED) is 0.417. The fourth-order valence-corrected chi connectivity index (χ4v) is 0.477. The second-order valence-electron chi connectivity index (χ2n) is 2.17. The van der Waals surface area contributed by atoms with Crippen molar-refractivity contribution in [3.8, 4) is 0 Å². The van der Waals surface area contributed by atoms with E-state index in [1.165, 1.54) is 0 Å². The Hall–Kier alpha value is -1.42. The summed E-state index contributed by atoms with van der Waals surface area (Å²) in [4.78, 5) is 19.7. The highest BCUT2D eigenvalue weighted by Crippen LogP contribution is 2.32. The van der Waals surface area contributed by atoms with Crippen molar-refractivity contribution < 1.29 is 45.7 Å². The van der Waals surface area contributed by atoms with Crippen LogP contribution in [0.2, 0.25) is 0 Å². The van der Waals surface area contributed by atoms with Gasteiger partial charge in [-0.15, -0.1) is 0 Å². The van der Waals surface area contributed by atoms with Crippen LogP contribution in [0.5, 0.6) is 0 Å². The number of carbonyl (C=O) groups is 2. The van der Waals surface area contributed by atoms with Crippen LogP contribution >= 0.6 is 0 Å². The highest BCUT2D eigenvalue weighted by molar-refractivity contribution is 6.60. The van der Waals surface area contributed by atoms with Crippen molar-refractivity contribution in [1.29, 1.82) is 0 Å². The molecule has 0 radical (unpaired) electrons. The number of hydrogen-bond donors (Lipinski definition) is 1.